The summed E-state index contributed by atoms with van der Waals surface area (Å²) >= 11 is 0. The van der Waals surface area contributed by atoms with Gasteiger partial charge in [0, 0.05) is 60.5 Å². The number of aryl methyl sites for hydroxylation is 1. The van der Waals surface area contributed by atoms with Crippen LogP contribution >= 0.6 is 0 Å². The first-order chi connectivity index (χ1) is 35.0. The molecule has 0 aliphatic carbocycles. The molecule has 0 saturated heterocycles. The monoisotopic (exact) mass is 904 g/mol. The Balaban J connectivity index is 1.12. The predicted molar refractivity (Wildman–Crippen MR) is 304 cm³/mol. The summed E-state index contributed by atoms with van der Waals surface area (Å²) in [4.78, 5) is 0. The molecule has 4 nitrogen and oxygen atoms in total. The van der Waals surface area contributed by atoms with Crippen molar-refractivity contribution in [1.29, 1.82) is 0 Å². The molecule has 12 aromatic carbocycles. The lowest BCUT2D eigenvalue weighted by Gasteiger charge is -2.08. The van der Waals surface area contributed by atoms with E-state index in [4.69, 9.17) is 5.73 Å². The van der Waals surface area contributed by atoms with Crippen molar-refractivity contribution in [2.24, 2.45) is 0 Å². The van der Waals surface area contributed by atoms with Gasteiger partial charge >= 0.3 is 0 Å². The SMILES string of the molecule is Cc1ccc2cc1c1cc(ccc1N)c1ccc3c(c1)c1cc(ccc1n3-c1ccccc1)c1ccc3c(c1)c1cc(ccc1n3-c1ccccc1)c1ccc3c(c1)c1cc2ccc1n3-c1ccccc1. The average molecular weight is 905 g/mol. The Bertz CT molecular complexity index is 4520. The van der Waals surface area contributed by atoms with E-state index in [0.29, 0.717) is 0 Å². The van der Waals surface area contributed by atoms with Crippen LogP contribution in [-0.2, 0) is 0 Å². The van der Waals surface area contributed by atoms with Crippen molar-refractivity contribution in [2.75, 3.05) is 5.73 Å². The second-order valence-corrected chi connectivity index (χ2v) is 19.2. The van der Waals surface area contributed by atoms with Gasteiger partial charge in [-0.05, 0) is 188 Å². The van der Waals surface area contributed by atoms with Crippen LogP contribution in [0.15, 0.2) is 237 Å². The Morgan fingerprint density at radius 1 is 0.239 bits per heavy atom. The normalized spacial score (nSPS) is 12.1. The Hall–Kier alpha value is -9.38. The van der Waals surface area contributed by atoms with Crippen LogP contribution in [0, 0.1) is 6.92 Å². The molecule has 0 unspecified atom stereocenters. The van der Waals surface area contributed by atoms with Crippen molar-refractivity contribution in [3.05, 3.63) is 242 Å². The molecule has 2 N–H and O–H groups in total. The molecule has 0 atom stereocenters. The van der Waals surface area contributed by atoms with Gasteiger partial charge in [-0.3, -0.25) is 0 Å². The molecular weight excluding hydrogens is 861 g/mol. The number of para-hydroxylation sites is 3. The second kappa shape index (κ2) is 15.1. The molecule has 0 saturated carbocycles. The summed E-state index contributed by atoms with van der Waals surface area (Å²) in [6.07, 6.45) is 0. The number of nitrogen functional groups attached to an aromatic ring is 1. The number of hydrogen-bond donors (Lipinski definition) is 1. The highest BCUT2D eigenvalue weighted by molar-refractivity contribution is 6.19. The smallest absolute Gasteiger partial charge is 0.0541 e. The molecule has 15 rings (SSSR count). The minimum absolute atomic E-state index is 0.758. The lowest BCUT2D eigenvalue weighted by atomic mass is 10.00. The zero-order valence-corrected chi connectivity index (χ0v) is 38.9. The largest absolute Gasteiger partial charge is 0.398 e. The van der Waals surface area contributed by atoms with Gasteiger partial charge in [-0.2, -0.15) is 0 Å². The molecule has 4 heteroatoms. The number of fused-ring (bicyclic) bond motifs is 15. The molecular formula is C67H44N4. The van der Waals surface area contributed by atoms with Crippen molar-refractivity contribution in [3.8, 4) is 17.1 Å². The van der Waals surface area contributed by atoms with Gasteiger partial charge in [0.05, 0.1) is 33.1 Å². The van der Waals surface area contributed by atoms with Gasteiger partial charge in [-0.15, -0.1) is 0 Å². The van der Waals surface area contributed by atoms with Gasteiger partial charge in [0.25, 0.3) is 0 Å². The maximum absolute atomic E-state index is 6.96. The van der Waals surface area contributed by atoms with Crippen molar-refractivity contribution in [3.63, 3.8) is 0 Å². The molecule has 332 valence electrons. The average Bonchev–Trinajstić information content (AvgIpc) is 4.06. The lowest BCUT2D eigenvalue weighted by molar-refractivity contribution is 1.18. The van der Waals surface area contributed by atoms with Crippen LogP contribution < -0.4 is 5.73 Å². The molecule has 0 amide bonds. The summed E-state index contributed by atoms with van der Waals surface area (Å²) < 4.78 is 7.23. The first-order valence-corrected chi connectivity index (χ1v) is 24.4. The second-order valence-electron chi connectivity index (χ2n) is 19.2. The van der Waals surface area contributed by atoms with Crippen LogP contribution in [0.2, 0.25) is 0 Å². The summed E-state index contributed by atoms with van der Waals surface area (Å²) in [7, 11) is 0. The third-order valence-electron chi connectivity index (χ3n) is 15.3. The van der Waals surface area contributed by atoms with Crippen molar-refractivity contribution in [2.45, 2.75) is 6.92 Å². The van der Waals surface area contributed by atoms with E-state index in [2.05, 4.69) is 257 Å². The fourth-order valence-electron chi connectivity index (χ4n) is 11.8. The number of aromatic nitrogens is 3. The first-order valence-electron chi connectivity index (χ1n) is 24.4. The maximum atomic E-state index is 6.96. The molecule has 15 aromatic rings. The lowest BCUT2D eigenvalue weighted by Crippen LogP contribution is -1.93. The van der Waals surface area contributed by atoms with E-state index >= 15 is 0 Å². The first kappa shape index (κ1) is 39.6. The molecule has 3 heterocycles. The van der Waals surface area contributed by atoms with E-state index in [1.807, 2.05) is 0 Å². The summed E-state index contributed by atoms with van der Waals surface area (Å²) in [5.41, 5.74) is 19.3. The van der Waals surface area contributed by atoms with Crippen LogP contribution in [-0.4, -0.2) is 13.7 Å². The van der Waals surface area contributed by atoms with E-state index in [9.17, 15) is 0 Å². The highest BCUT2D eigenvalue weighted by Gasteiger charge is 2.18. The van der Waals surface area contributed by atoms with Gasteiger partial charge in [0.1, 0.15) is 0 Å². The topological polar surface area (TPSA) is 40.8 Å². The summed E-state index contributed by atoms with van der Waals surface area (Å²) in [5, 5.41) is 18.7. The third-order valence-corrected chi connectivity index (χ3v) is 15.3. The zero-order valence-electron chi connectivity index (χ0n) is 38.9. The number of rotatable bonds is 3. The number of benzene rings is 11. The van der Waals surface area contributed by atoms with Crippen LogP contribution in [0.1, 0.15) is 5.56 Å². The number of anilines is 1. The highest BCUT2D eigenvalue weighted by atomic mass is 15.0. The Morgan fingerprint density at radius 3 is 0.775 bits per heavy atom. The third kappa shape index (κ3) is 5.98. The Labute approximate surface area is 408 Å². The zero-order chi connectivity index (χ0) is 46.9. The van der Waals surface area contributed by atoms with E-state index in [-0.39, 0.29) is 0 Å². The minimum Gasteiger partial charge on any atom is -0.398 e. The fraction of sp³-hybridized carbons (Fsp3) is 0.0149. The van der Waals surface area contributed by atoms with Crippen molar-refractivity contribution >= 4 is 125 Å². The molecule has 16 bridgehead atoms. The van der Waals surface area contributed by atoms with Crippen LogP contribution in [0.25, 0.3) is 136 Å². The molecule has 0 aliphatic heterocycles. The predicted octanol–water partition coefficient (Wildman–Crippen LogP) is 17.8. The van der Waals surface area contributed by atoms with Gasteiger partial charge in [0.15, 0.2) is 0 Å². The highest BCUT2D eigenvalue weighted by Crippen LogP contribution is 2.40. The molecule has 0 aliphatic rings. The number of nitrogens with zero attached hydrogens (tertiary/aromatic N) is 3. The van der Waals surface area contributed by atoms with Crippen LogP contribution in [0.5, 0.6) is 0 Å². The molecule has 0 radical (unpaired) electrons. The Morgan fingerprint density at radius 2 is 0.479 bits per heavy atom. The van der Waals surface area contributed by atoms with Gasteiger partial charge in [0.2, 0.25) is 0 Å². The molecule has 3 aromatic heterocycles. The number of hydrogen-bond acceptors (Lipinski definition) is 1. The number of nitrogens with two attached hydrogens (primary N) is 1. The van der Waals surface area contributed by atoms with E-state index in [0.717, 1.165) is 55.1 Å². The Kier molecular flexibility index (Phi) is 8.40. The summed E-state index contributed by atoms with van der Waals surface area (Å²) in [6.45, 7) is 2.19. The summed E-state index contributed by atoms with van der Waals surface area (Å²) in [6, 6.07) is 87.5. The van der Waals surface area contributed by atoms with Crippen LogP contribution in [0.4, 0.5) is 5.69 Å². The fourth-order valence-corrected chi connectivity index (χ4v) is 11.8. The van der Waals surface area contributed by atoms with Crippen molar-refractivity contribution in [1.82, 2.24) is 13.7 Å². The van der Waals surface area contributed by atoms with Gasteiger partial charge < -0.3 is 19.4 Å². The molecule has 0 spiro atoms. The molecule has 0 fully saturated rings. The van der Waals surface area contributed by atoms with Gasteiger partial charge in [-0.1, -0.05) is 109 Å². The van der Waals surface area contributed by atoms with E-state index in [1.165, 1.54) is 92.5 Å². The van der Waals surface area contributed by atoms with Crippen molar-refractivity contribution < 1.29 is 0 Å². The van der Waals surface area contributed by atoms with E-state index in [1.54, 1.807) is 0 Å². The minimum atomic E-state index is 0.758. The summed E-state index contributed by atoms with van der Waals surface area (Å²) in [5.74, 6) is 0. The van der Waals surface area contributed by atoms with Crippen LogP contribution in [0.3, 0.4) is 0 Å². The standard InChI is InChI=1S/C67H44N4/c1-41-17-18-42-33-53(41)54-34-43(19-26-61(54)68)45-21-28-63-56(36-45)58-38-47(23-30-65(58)70(63)51-13-7-3-8-14-51)49-25-32-67-60(40-49)59-39-48(24-31-66(59)71(67)52-15-9-4-10-16-52)46-22-29-64-57(37-46)55-35-44(42)20-27-62(55)69(64)50-11-5-2-6-12-50/h2-40H,68H2,1H3. The molecule has 71 heavy (non-hydrogen) atoms. The quantitative estimate of drug-likeness (QED) is 0.176. The maximum Gasteiger partial charge on any atom is 0.0541 e. The van der Waals surface area contributed by atoms with E-state index < -0.39 is 0 Å². The van der Waals surface area contributed by atoms with Gasteiger partial charge in [-0.25, -0.2) is 0 Å².